The minimum atomic E-state index is -1.01. The number of nitrogens with one attached hydrogen (secondary N) is 2. The molecule has 2 aromatic rings. The Morgan fingerprint density at radius 2 is 2.18 bits per heavy atom. The van der Waals surface area contributed by atoms with E-state index in [0.29, 0.717) is 5.56 Å². The largest absolute Gasteiger partial charge is 0.478 e. The molecule has 3 heterocycles. The highest BCUT2D eigenvalue weighted by molar-refractivity contribution is 5.96. The van der Waals surface area contributed by atoms with Gasteiger partial charge in [0, 0.05) is 5.56 Å². The van der Waals surface area contributed by atoms with Crippen molar-refractivity contribution in [2.75, 3.05) is 11.9 Å². The fourth-order valence-corrected chi connectivity index (χ4v) is 1.99. The maximum Gasteiger partial charge on any atom is 0.338 e. The molecule has 7 heteroatoms. The topological polar surface area (TPSA) is 94.8 Å². The second-order valence-corrected chi connectivity index (χ2v) is 3.74. The number of H-pyrrole nitrogens is 1. The van der Waals surface area contributed by atoms with Crippen molar-refractivity contribution in [1.82, 2.24) is 15.3 Å². The van der Waals surface area contributed by atoms with Gasteiger partial charge < -0.3 is 5.11 Å². The summed E-state index contributed by atoms with van der Waals surface area (Å²) in [6.45, 7) is 1.68. The minimum absolute atomic E-state index is 0.149. The normalized spacial score (nSPS) is 13.2. The van der Waals surface area contributed by atoms with Gasteiger partial charge in [-0.1, -0.05) is 0 Å². The van der Waals surface area contributed by atoms with Gasteiger partial charge in [0.1, 0.15) is 13.1 Å². The standard InChI is InChI=1S/C10H9N5O2/c16-10(17)8-4-13-12-3-6(8)7-5-14-15-2-1-11-9(7)15/h3-5H,1-2H2,(H2,11,13,14,16,17)/p+1. The number of hydrogen-bond donors (Lipinski definition) is 3. The highest BCUT2D eigenvalue weighted by Crippen LogP contribution is 2.28. The van der Waals surface area contributed by atoms with Crippen molar-refractivity contribution in [2.24, 2.45) is 0 Å². The van der Waals surface area contributed by atoms with Crippen molar-refractivity contribution < 1.29 is 14.6 Å². The van der Waals surface area contributed by atoms with Crippen molar-refractivity contribution in [3.05, 3.63) is 24.2 Å². The van der Waals surface area contributed by atoms with Gasteiger partial charge in [-0.15, -0.1) is 0 Å². The lowest BCUT2D eigenvalue weighted by Crippen LogP contribution is -2.32. The van der Waals surface area contributed by atoms with E-state index in [4.69, 9.17) is 5.11 Å². The van der Waals surface area contributed by atoms with Crippen LogP contribution in [0.25, 0.3) is 11.1 Å². The lowest BCUT2D eigenvalue weighted by Gasteiger charge is -2.00. The number of aromatic nitrogens is 4. The second-order valence-electron chi connectivity index (χ2n) is 3.74. The maximum absolute atomic E-state index is 11.1. The molecule has 0 saturated carbocycles. The average molecular weight is 232 g/mol. The van der Waals surface area contributed by atoms with Gasteiger partial charge >= 0.3 is 11.8 Å². The van der Waals surface area contributed by atoms with Crippen molar-refractivity contribution in [2.45, 2.75) is 6.54 Å². The SMILES string of the molecule is O=C(O)c1cnncc1-c1c[nH][n+]2c1NCC2. The molecule has 3 N–H and O–H groups in total. The molecule has 0 atom stereocenters. The first kappa shape index (κ1) is 9.76. The minimum Gasteiger partial charge on any atom is -0.478 e. The van der Waals surface area contributed by atoms with Crippen molar-refractivity contribution in [3.63, 3.8) is 0 Å². The lowest BCUT2D eigenvalue weighted by molar-refractivity contribution is -0.725. The molecule has 86 valence electrons. The quantitative estimate of drug-likeness (QED) is 0.628. The number of anilines is 1. The van der Waals surface area contributed by atoms with Gasteiger partial charge in [0.05, 0.1) is 29.7 Å². The molecular weight excluding hydrogens is 222 g/mol. The number of fused-ring (bicyclic) bond motifs is 1. The zero-order valence-corrected chi connectivity index (χ0v) is 8.84. The van der Waals surface area contributed by atoms with E-state index in [1.54, 1.807) is 6.20 Å². The molecule has 2 aromatic heterocycles. The molecule has 0 bridgehead atoms. The van der Waals surface area contributed by atoms with Crippen LogP contribution in [0.4, 0.5) is 5.82 Å². The molecule has 1 aliphatic rings. The zero-order chi connectivity index (χ0) is 11.8. The lowest BCUT2D eigenvalue weighted by atomic mass is 10.1. The number of aromatic carboxylic acids is 1. The predicted molar refractivity (Wildman–Crippen MR) is 57.5 cm³/mol. The zero-order valence-electron chi connectivity index (χ0n) is 8.84. The summed E-state index contributed by atoms with van der Waals surface area (Å²) in [6, 6.07) is 0. The average Bonchev–Trinajstić information content (AvgIpc) is 2.90. The molecule has 7 nitrogen and oxygen atoms in total. The van der Waals surface area contributed by atoms with E-state index in [0.717, 1.165) is 24.5 Å². The molecule has 0 saturated heterocycles. The van der Waals surface area contributed by atoms with Crippen LogP contribution in [0.3, 0.4) is 0 Å². The maximum atomic E-state index is 11.1. The molecule has 1 aliphatic heterocycles. The highest BCUT2D eigenvalue weighted by atomic mass is 16.4. The van der Waals surface area contributed by atoms with Crippen LogP contribution in [0.5, 0.6) is 0 Å². The third-order valence-electron chi connectivity index (χ3n) is 2.77. The Balaban J connectivity index is 2.18. The first-order valence-corrected chi connectivity index (χ1v) is 5.17. The van der Waals surface area contributed by atoms with E-state index in [2.05, 4.69) is 20.6 Å². The first-order valence-electron chi connectivity index (χ1n) is 5.17. The summed E-state index contributed by atoms with van der Waals surface area (Å²) >= 11 is 0. The smallest absolute Gasteiger partial charge is 0.338 e. The summed E-state index contributed by atoms with van der Waals surface area (Å²) in [5.41, 5.74) is 1.51. The molecule has 3 rings (SSSR count). The van der Waals surface area contributed by atoms with E-state index < -0.39 is 5.97 Å². The predicted octanol–water partition coefficient (Wildman–Crippen LogP) is -0.117. The number of carboxylic acids is 1. The highest BCUT2D eigenvalue weighted by Gasteiger charge is 2.27. The van der Waals surface area contributed by atoms with Gasteiger partial charge in [0.2, 0.25) is 0 Å². The van der Waals surface area contributed by atoms with Gasteiger partial charge in [-0.3, -0.25) is 5.32 Å². The Morgan fingerprint density at radius 1 is 1.35 bits per heavy atom. The van der Waals surface area contributed by atoms with E-state index in [-0.39, 0.29) is 5.56 Å². The van der Waals surface area contributed by atoms with Crippen LogP contribution in [0.15, 0.2) is 18.6 Å². The summed E-state index contributed by atoms with van der Waals surface area (Å²) < 4.78 is 1.93. The fourth-order valence-electron chi connectivity index (χ4n) is 1.99. The van der Waals surface area contributed by atoms with Gasteiger partial charge in [-0.25, -0.2) is 9.89 Å². The number of hydrogen-bond acceptors (Lipinski definition) is 4. The summed E-state index contributed by atoms with van der Waals surface area (Å²) in [7, 11) is 0. The van der Waals surface area contributed by atoms with Crippen molar-refractivity contribution in [1.29, 1.82) is 0 Å². The van der Waals surface area contributed by atoms with E-state index in [9.17, 15) is 4.79 Å². The first-order chi connectivity index (χ1) is 8.27. The van der Waals surface area contributed by atoms with Gasteiger partial charge in [-0.2, -0.15) is 14.9 Å². The monoisotopic (exact) mass is 232 g/mol. The van der Waals surface area contributed by atoms with Crippen molar-refractivity contribution >= 4 is 11.8 Å². The molecule has 0 amide bonds. The van der Waals surface area contributed by atoms with Crippen LogP contribution in [0.2, 0.25) is 0 Å². The Labute approximate surface area is 96.1 Å². The van der Waals surface area contributed by atoms with E-state index in [1.807, 2.05) is 4.68 Å². The Bertz CT molecular complexity index is 592. The van der Waals surface area contributed by atoms with Crippen LogP contribution < -0.4 is 10.00 Å². The third-order valence-corrected chi connectivity index (χ3v) is 2.77. The Kier molecular flexibility index (Phi) is 2.04. The number of nitrogens with zero attached hydrogens (tertiary/aromatic N) is 3. The van der Waals surface area contributed by atoms with Gasteiger partial charge in [0.15, 0.2) is 0 Å². The van der Waals surface area contributed by atoms with Crippen LogP contribution in [-0.2, 0) is 6.54 Å². The number of rotatable bonds is 2. The molecule has 0 spiro atoms. The van der Waals surface area contributed by atoms with Gasteiger partial charge in [0.25, 0.3) is 0 Å². The Hall–Kier alpha value is -2.44. The number of aromatic amines is 1. The molecule has 0 unspecified atom stereocenters. The molecular formula is C10H10N5O2+. The Morgan fingerprint density at radius 3 is 3.00 bits per heavy atom. The number of carboxylic acid groups (broad SMARTS) is 1. The molecule has 0 radical (unpaired) electrons. The van der Waals surface area contributed by atoms with Crippen molar-refractivity contribution in [3.8, 4) is 11.1 Å². The van der Waals surface area contributed by atoms with Crippen LogP contribution in [-0.4, -0.2) is 32.9 Å². The van der Waals surface area contributed by atoms with Crippen LogP contribution in [0, 0.1) is 0 Å². The van der Waals surface area contributed by atoms with Gasteiger partial charge in [-0.05, 0) is 0 Å². The van der Waals surface area contributed by atoms with Crippen LogP contribution in [0.1, 0.15) is 10.4 Å². The summed E-state index contributed by atoms with van der Waals surface area (Å²) in [5, 5.41) is 22.7. The van der Waals surface area contributed by atoms with E-state index in [1.165, 1.54) is 12.4 Å². The summed E-state index contributed by atoms with van der Waals surface area (Å²) in [6.07, 6.45) is 4.50. The number of carbonyl (C=O) groups is 1. The third kappa shape index (κ3) is 1.43. The fraction of sp³-hybridized carbons (Fsp3) is 0.200. The summed E-state index contributed by atoms with van der Waals surface area (Å²) in [4.78, 5) is 11.1. The molecule has 0 aromatic carbocycles. The summed E-state index contributed by atoms with van der Waals surface area (Å²) in [5.74, 6) is -0.117. The second kappa shape index (κ2) is 3.55. The molecule has 17 heavy (non-hydrogen) atoms. The van der Waals surface area contributed by atoms with E-state index >= 15 is 0 Å². The molecule has 0 fully saturated rings. The molecule has 0 aliphatic carbocycles. The van der Waals surface area contributed by atoms with Crippen LogP contribution >= 0.6 is 0 Å².